The van der Waals surface area contributed by atoms with E-state index < -0.39 is 0 Å². The van der Waals surface area contributed by atoms with Crippen molar-refractivity contribution in [1.29, 1.82) is 0 Å². The summed E-state index contributed by atoms with van der Waals surface area (Å²) in [4.78, 5) is 3.90. The van der Waals surface area contributed by atoms with Crippen LogP contribution in [-0.2, 0) is 0 Å². The Labute approximate surface area is 77.7 Å². The van der Waals surface area contributed by atoms with Crippen LogP contribution in [0.4, 0.5) is 0 Å². The van der Waals surface area contributed by atoms with Crippen molar-refractivity contribution in [3.63, 3.8) is 0 Å². The van der Waals surface area contributed by atoms with Crippen molar-refractivity contribution in [2.75, 3.05) is 7.11 Å². The second-order valence-corrected chi connectivity index (χ2v) is 3.21. The molecule has 1 heterocycles. The zero-order valence-corrected chi connectivity index (χ0v) is 8.18. The zero-order valence-electron chi connectivity index (χ0n) is 5.27. The number of methoxy groups -OCH3 is 1. The second-order valence-electron chi connectivity index (χ2n) is 1.64. The Bertz CT molecular complexity index is 241. The summed E-state index contributed by atoms with van der Waals surface area (Å²) in [5, 5.41) is 0.654. The van der Waals surface area contributed by atoms with Gasteiger partial charge in [-0.25, -0.2) is 4.98 Å². The Morgan fingerprint density at radius 1 is 1.70 bits per heavy atom. The van der Waals surface area contributed by atoms with Gasteiger partial charge >= 0.3 is 0 Å². The fourth-order valence-electron chi connectivity index (χ4n) is 0.508. The molecule has 0 amide bonds. The third kappa shape index (κ3) is 1.73. The number of pyridine rings is 1. The molecule has 0 fully saturated rings. The zero-order chi connectivity index (χ0) is 7.56. The van der Waals surface area contributed by atoms with Gasteiger partial charge in [-0.15, -0.1) is 0 Å². The van der Waals surface area contributed by atoms with E-state index in [1.54, 1.807) is 19.4 Å². The van der Waals surface area contributed by atoms with Gasteiger partial charge in [-0.2, -0.15) is 0 Å². The van der Waals surface area contributed by atoms with Gasteiger partial charge in [0.15, 0.2) is 0 Å². The fraction of sp³-hybridized carbons (Fsp3) is 0.167. The van der Waals surface area contributed by atoms with Crippen molar-refractivity contribution >= 4 is 34.2 Å². The lowest BCUT2D eigenvalue weighted by molar-refractivity contribution is 0.397. The van der Waals surface area contributed by atoms with Crippen molar-refractivity contribution in [3.05, 3.63) is 20.9 Å². The number of nitrogens with zero attached hydrogens (tertiary/aromatic N) is 1. The number of hydrogen-bond acceptors (Lipinski definition) is 2. The summed E-state index contributed by atoms with van der Waals surface area (Å²) in [6.45, 7) is 0. The number of halogens is 2. The van der Waals surface area contributed by atoms with Gasteiger partial charge in [-0.3, -0.25) is 0 Å². The highest BCUT2D eigenvalue weighted by atomic mass is 127. The molecule has 0 N–H and O–H groups in total. The lowest BCUT2D eigenvalue weighted by Gasteiger charge is -1.98. The maximum atomic E-state index is 5.71. The van der Waals surface area contributed by atoms with Crippen molar-refractivity contribution < 1.29 is 4.74 Å². The van der Waals surface area contributed by atoms with Gasteiger partial charge in [-0.1, -0.05) is 11.6 Å². The molecule has 0 radical (unpaired) electrons. The number of hydrogen-bond donors (Lipinski definition) is 0. The van der Waals surface area contributed by atoms with Gasteiger partial charge < -0.3 is 4.74 Å². The van der Waals surface area contributed by atoms with E-state index in [4.69, 9.17) is 16.3 Å². The van der Waals surface area contributed by atoms with Crippen LogP contribution in [-0.4, -0.2) is 12.1 Å². The molecule has 0 aliphatic heterocycles. The molecule has 1 aromatic rings. The van der Waals surface area contributed by atoms with Crippen LogP contribution < -0.4 is 4.74 Å². The molecular weight excluding hydrogens is 264 g/mol. The number of rotatable bonds is 1. The van der Waals surface area contributed by atoms with Crippen molar-refractivity contribution in [2.24, 2.45) is 0 Å². The Kier molecular flexibility index (Phi) is 2.73. The second kappa shape index (κ2) is 3.39. The lowest BCUT2D eigenvalue weighted by atomic mass is 10.5. The summed E-state index contributed by atoms with van der Waals surface area (Å²) in [5.74, 6) is 0.591. The molecule has 2 nitrogen and oxygen atoms in total. The minimum Gasteiger partial charge on any atom is -0.481 e. The predicted molar refractivity (Wildman–Crippen MR) is 48.5 cm³/mol. The quantitative estimate of drug-likeness (QED) is 0.730. The molecule has 0 aliphatic carbocycles. The Hall–Kier alpha value is -0.0300. The van der Waals surface area contributed by atoms with Gasteiger partial charge in [0.1, 0.15) is 0 Å². The molecule has 0 atom stereocenters. The summed E-state index contributed by atoms with van der Waals surface area (Å²) >= 11 is 7.83. The van der Waals surface area contributed by atoms with Crippen LogP contribution in [0.5, 0.6) is 5.88 Å². The highest BCUT2D eigenvalue weighted by Crippen LogP contribution is 2.20. The maximum absolute atomic E-state index is 5.71. The smallest absolute Gasteiger partial charge is 0.214 e. The molecule has 54 valence electrons. The average molecular weight is 269 g/mol. The molecule has 0 saturated carbocycles. The van der Waals surface area contributed by atoms with Crippen LogP contribution in [0.1, 0.15) is 0 Å². The summed E-state index contributed by atoms with van der Waals surface area (Å²) in [6.07, 6.45) is 1.57. The van der Waals surface area contributed by atoms with Crippen LogP contribution in [0.25, 0.3) is 0 Å². The molecule has 0 aliphatic rings. The van der Waals surface area contributed by atoms with Gasteiger partial charge in [0.05, 0.1) is 18.3 Å². The highest BCUT2D eigenvalue weighted by molar-refractivity contribution is 14.1. The first-order valence-electron chi connectivity index (χ1n) is 2.59. The van der Waals surface area contributed by atoms with E-state index in [-0.39, 0.29) is 0 Å². The largest absolute Gasteiger partial charge is 0.481 e. The Morgan fingerprint density at radius 2 is 2.40 bits per heavy atom. The summed E-state index contributed by atoms with van der Waals surface area (Å²) in [6, 6.07) is 1.78. The van der Waals surface area contributed by atoms with Gasteiger partial charge in [0, 0.05) is 9.64 Å². The Morgan fingerprint density at radius 3 is 2.90 bits per heavy atom. The molecule has 4 heteroatoms. The molecule has 0 saturated heterocycles. The average Bonchev–Trinajstić information content (AvgIpc) is 1.95. The topological polar surface area (TPSA) is 22.1 Å². The molecular formula is C6H5ClINO. The molecule has 10 heavy (non-hydrogen) atoms. The monoisotopic (exact) mass is 269 g/mol. The minimum atomic E-state index is 0.591. The third-order valence-corrected chi connectivity index (χ3v) is 2.51. The van der Waals surface area contributed by atoms with Crippen LogP contribution in [0.15, 0.2) is 12.3 Å². The van der Waals surface area contributed by atoms with Crippen LogP contribution in [0.3, 0.4) is 0 Å². The van der Waals surface area contributed by atoms with Crippen LogP contribution >= 0.6 is 34.2 Å². The first kappa shape index (κ1) is 8.07. The van der Waals surface area contributed by atoms with E-state index in [0.29, 0.717) is 10.9 Å². The maximum Gasteiger partial charge on any atom is 0.214 e. The number of ether oxygens (including phenoxy) is 1. The SMILES string of the molecule is COc1cc(I)c(Cl)cn1. The van der Waals surface area contributed by atoms with Gasteiger partial charge in [0.2, 0.25) is 5.88 Å². The summed E-state index contributed by atoms with van der Waals surface area (Å²) < 4.78 is 5.83. The van der Waals surface area contributed by atoms with E-state index in [9.17, 15) is 0 Å². The van der Waals surface area contributed by atoms with E-state index in [1.807, 2.05) is 0 Å². The normalized spacial score (nSPS) is 9.50. The minimum absolute atomic E-state index is 0.591. The first-order chi connectivity index (χ1) is 4.74. The van der Waals surface area contributed by atoms with Crippen molar-refractivity contribution in [3.8, 4) is 5.88 Å². The van der Waals surface area contributed by atoms with Crippen molar-refractivity contribution in [1.82, 2.24) is 4.98 Å². The fourth-order valence-corrected chi connectivity index (χ4v) is 1.02. The predicted octanol–water partition coefficient (Wildman–Crippen LogP) is 2.35. The third-order valence-electron chi connectivity index (χ3n) is 0.993. The summed E-state index contributed by atoms with van der Waals surface area (Å²) in [5.41, 5.74) is 0. The summed E-state index contributed by atoms with van der Waals surface area (Å²) in [7, 11) is 1.58. The van der Waals surface area contributed by atoms with E-state index in [2.05, 4.69) is 27.6 Å². The van der Waals surface area contributed by atoms with E-state index in [0.717, 1.165) is 3.57 Å². The van der Waals surface area contributed by atoms with Crippen molar-refractivity contribution in [2.45, 2.75) is 0 Å². The molecule has 1 aromatic heterocycles. The molecule has 0 spiro atoms. The van der Waals surface area contributed by atoms with Crippen LogP contribution in [0, 0.1) is 3.57 Å². The molecule has 0 aromatic carbocycles. The highest BCUT2D eigenvalue weighted by Gasteiger charge is 1.98. The molecule has 0 bridgehead atoms. The molecule has 1 rings (SSSR count). The Balaban J connectivity index is 3.04. The van der Waals surface area contributed by atoms with E-state index >= 15 is 0 Å². The lowest BCUT2D eigenvalue weighted by Crippen LogP contribution is -1.87. The van der Waals surface area contributed by atoms with Gasteiger partial charge in [0.25, 0.3) is 0 Å². The standard InChI is InChI=1S/C6H5ClINO/c1-10-6-2-5(8)4(7)3-9-6/h2-3H,1H3. The van der Waals surface area contributed by atoms with Crippen LogP contribution in [0.2, 0.25) is 5.02 Å². The first-order valence-corrected chi connectivity index (χ1v) is 4.04. The van der Waals surface area contributed by atoms with Gasteiger partial charge in [-0.05, 0) is 22.6 Å². The number of aromatic nitrogens is 1. The molecule has 0 unspecified atom stereocenters. The van der Waals surface area contributed by atoms with E-state index in [1.165, 1.54) is 0 Å².